The molecule has 4 heterocycles. The second-order valence-corrected chi connectivity index (χ2v) is 9.26. The van der Waals surface area contributed by atoms with Crippen LogP contribution in [0.15, 0.2) is 55.1 Å². The first-order chi connectivity index (χ1) is 17.6. The summed E-state index contributed by atoms with van der Waals surface area (Å²) in [5, 5.41) is 22.8. The number of aliphatic hydroxyl groups excluding tert-OH is 1. The van der Waals surface area contributed by atoms with Crippen molar-refractivity contribution < 1.29 is 5.11 Å². The summed E-state index contributed by atoms with van der Waals surface area (Å²) in [6.07, 6.45) is 10.8. The Morgan fingerprint density at radius 2 is 1.78 bits per heavy atom. The number of hydrogen-bond acceptors (Lipinski definition) is 6. The van der Waals surface area contributed by atoms with Crippen LogP contribution in [0.5, 0.6) is 0 Å². The standard InChI is InChI=1S/C27H28N8O/c1-33-17-21(16-29-33)18-4-6-19(7-5-18)27-25-23(32-34(27)2)9-8-20-15-28-24(30-26(20)25)14-22-10-12-35(31-22)11-3-13-36/h4-7,10,12,15-17,36H,3,8-9,11,13-14H2,1-2H3. The first-order valence-corrected chi connectivity index (χ1v) is 12.2. The van der Waals surface area contributed by atoms with Crippen molar-refractivity contribution in [2.45, 2.75) is 32.2 Å². The molecule has 182 valence electrons. The van der Waals surface area contributed by atoms with Gasteiger partial charge in [0.1, 0.15) is 5.82 Å². The highest BCUT2D eigenvalue weighted by molar-refractivity contribution is 5.84. The van der Waals surface area contributed by atoms with E-state index in [1.807, 2.05) is 59.0 Å². The van der Waals surface area contributed by atoms with Gasteiger partial charge in [-0.15, -0.1) is 0 Å². The van der Waals surface area contributed by atoms with Gasteiger partial charge in [-0.05, 0) is 36.5 Å². The van der Waals surface area contributed by atoms with E-state index in [4.69, 9.17) is 15.2 Å². The van der Waals surface area contributed by atoms with Crippen LogP contribution in [-0.2, 0) is 39.9 Å². The van der Waals surface area contributed by atoms with Crippen molar-refractivity contribution >= 4 is 0 Å². The number of nitrogens with zero attached hydrogens (tertiary/aromatic N) is 8. The van der Waals surface area contributed by atoms with Crippen LogP contribution in [0, 0.1) is 0 Å². The third-order valence-corrected chi connectivity index (χ3v) is 6.68. The minimum atomic E-state index is 0.158. The fraction of sp³-hybridized carbons (Fsp3) is 0.296. The Morgan fingerprint density at radius 1 is 0.944 bits per heavy atom. The van der Waals surface area contributed by atoms with Crippen LogP contribution in [0.2, 0.25) is 0 Å². The van der Waals surface area contributed by atoms with Crippen molar-refractivity contribution in [2.75, 3.05) is 6.61 Å². The van der Waals surface area contributed by atoms with Gasteiger partial charge >= 0.3 is 0 Å². The van der Waals surface area contributed by atoms with Gasteiger partial charge in [-0.1, -0.05) is 24.3 Å². The molecule has 0 fully saturated rings. The SMILES string of the molecule is Cn1cc(-c2ccc(-c3c4c(nn3C)CCc3cnc(Cc5ccn(CCCO)n5)nc3-4)cc2)cn1. The lowest BCUT2D eigenvalue weighted by atomic mass is 9.91. The van der Waals surface area contributed by atoms with Gasteiger partial charge in [0, 0.05) is 62.5 Å². The molecule has 5 aromatic rings. The van der Waals surface area contributed by atoms with Crippen LogP contribution in [0.3, 0.4) is 0 Å². The van der Waals surface area contributed by atoms with Crippen molar-refractivity contribution in [2.24, 2.45) is 14.1 Å². The molecule has 0 saturated carbocycles. The summed E-state index contributed by atoms with van der Waals surface area (Å²) >= 11 is 0. The highest BCUT2D eigenvalue weighted by atomic mass is 16.3. The monoisotopic (exact) mass is 480 g/mol. The van der Waals surface area contributed by atoms with E-state index in [0.717, 1.165) is 69.3 Å². The Balaban J connectivity index is 1.34. The average Bonchev–Trinajstić information content (AvgIpc) is 3.61. The van der Waals surface area contributed by atoms with Gasteiger partial charge in [0.05, 0.1) is 35.4 Å². The number of aryl methyl sites for hydroxylation is 5. The molecule has 4 aromatic heterocycles. The molecule has 6 rings (SSSR count). The number of benzene rings is 1. The average molecular weight is 481 g/mol. The van der Waals surface area contributed by atoms with Crippen LogP contribution in [0.25, 0.3) is 33.6 Å². The third-order valence-electron chi connectivity index (χ3n) is 6.68. The van der Waals surface area contributed by atoms with Gasteiger partial charge in [-0.3, -0.25) is 14.0 Å². The molecule has 1 aromatic carbocycles. The number of aliphatic hydroxyl groups is 1. The Bertz CT molecular complexity index is 1530. The van der Waals surface area contributed by atoms with E-state index >= 15 is 0 Å². The van der Waals surface area contributed by atoms with Crippen molar-refractivity contribution in [1.29, 1.82) is 0 Å². The molecular weight excluding hydrogens is 452 g/mol. The van der Waals surface area contributed by atoms with Crippen LogP contribution < -0.4 is 0 Å². The van der Waals surface area contributed by atoms with Crippen LogP contribution in [0.1, 0.15) is 29.2 Å². The first-order valence-electron chi connectivity index (χ1n) is 12.2. The summed E-state index contributed by atoms with van der Waals surface area (Å²) in [5.41, 5.74) is 9.63. The second kappa shape index (κ2) is 9.16. The van der Waals surface area contributed by atoms with Crippen molar-refractivity contribution in [3.05, 3.63) is 77.9 Å². The number of rotatable bonds is 7. The fourth-order valence-electron chi connectivity index (χ4n) is 4.92. The molecule has 1 aliphatic rings. The Labute approximate surface area is 209 Å². The molecule has 0 radical (unpaired) electrons. The van der Waals surface area contributed by atoms with Gasteiger partial charge in [-0.25, -0.2) is 9.97 Å². The summed E-state index contributed by atoms with van der Waals surface area (Å²) in [6.45, 7) is 0.856. The lowest BCUT2D eigenvalue weighted by Gasteiger charge is -2.16. The molecule has 0 saturated heterocycles. The fourth-order valence-corrected chi connectivity index (χ4v) is 4.92. The lowest BCUT2D eigenvalue weighted by molar-refractivity contribution is 0.277. The summed E-state index contributed by atoms with van der Waals surface area (Å²) < 4.78 is 5.65. The zero-order valence-corrected chi connectivity index (χ0v) is 20.5. The molecule has 0 aliphatic heterocycles. The molecule has 0 amide bonds. The lowest BCUT2D eigenvalue weighted by Crippen LogP contribution is -2.09. The van der Waals surface area contributed by atoms with E-state index in [-0.39, 0.29) is 6.61 Å². The van der Waals surface area contributed by atoms with Crippen molar-refractivity contribution in [1.82, 2.24) is 39.3 Å². The van der Waals surface area contributed by atoms with E-state index in [9.17, 15) is 0 Å². The Morgan fingerprint density at radius 3 is 2.56 bits per heavy atom. The van der Waals surface area contributed by atoms with Gasteiger partial charge in [0.15, 0.2) is 0 Å². The maximum atomic E-state index is 9.06. The van der Waals surface area contributed by atoms with Gasteiger partial charge in [-0.2, -0.15) is 15.3 Å². The Kier molecular flexibility index (Phi) is 5.69. The molecule has 1 aliphatic carbocycles. The molecule has 9 nitrogen and oxygen atoms in total. The zero-order valence-electron chi connectivity index (χ0n) is 20.5. The predicted octanol–water partition coefficient (Wildman–Crippen LogP) is 3.21. The summed E-state index contributed by atoms with van der Waals surface area (Å²) in [6, 6.07) is 10.6. The minimum Gasteiger partial charge on any atom is -0.396 e. The summed E-state index contributed by atoms with van der Waals surface area (Å²) in [7, 11) is 3.93. The number of aromatic nitrogens is 8. The highest BCUT2D eigenvalue weighted by Gasteiger charge is 2.27. The largest absolute Gasteiger partial charge is 0.396 e. The highest BCUT2D eigenvalue weighted by Crippen LogP contribution is 2.39. The molecule has 9 heteroatoms. The maximum absolute atomic E-state index is 9.06. The smallest absolute Gasteiger partial charge is 0.134 e. The van der Waals surface area contributed by atoms with Gasteiger partial charge < -0.3 is 5.11 Å². The van der Waals surface area contributed by atoms with Crippen LogP contribution >= 0.6 is 0 Å². The topological polar surface area (TPSA) is 99.5 Å². The third kappa shape index (κ3) is 4.11. The second-order valence-electron chi connectivity index (χ2n) is 9.26. The van der Waals surface area contributed by atoms with Crippen molar-refractivity contribution in [3.63, 3.8) is 0 Å². The van der Waals surface area contributed by atoms with E-state index in [1.54, 1.807) is 0 Å². The normalized spacial score (nSPS) is 12.5. The zero-order chi connectivity index (χ0) is 24.6. The van der Waals surface area contributed by atoms with Gasteiger partial charge in [0.25, 0.3) is 0 Å². The maximum Gasteiger partial charge on any atom is 0.134 e. The van der Waals surface area contributed by atoms with Crippen molar-refractivity contribution in [3.8, 4) is 33.6 Å². The predicted molar refractivity (Wildman–Crippen MR) is 136 cm³/mol. The Hall–Kier alpha value is -4.11. The first kappa shape index (κ1) is 22.4. The van der Waals surface area contributed by atoms with E-state index in [0.29, 0.717) is 19.4 Å². The molecule has 36 heavy (non-hydrogen) atoms. The van der Waals surface area contributed by atoms with E-state index in [1.165, 1.54) is 0 Å². The molecular formula is C27H28N8O. The molecule has 0 unspecified atom stereocenters. The number of fused-ring (bicyclic) bond motifs is 3. The number of hydrogen-bond donors (Lipinski definition) is 1. The molecule has 0 atom stereocenters. The van der Waals surface area contributed by atoms with E-state index < -0.39 is 0 Å². The van der Waals surface area contributed by atoms with Crippen LogP contribution in [0.4, 0.5) is 0 Å². The van der Waals surface area contributed by atoms with E-state index in [2.05, 4.69) is 39.4 Å². The molecule has 1 N–H and O–H groups in total. The molecule has 0 bridgehead atoms. The van der Waals surface area contributed by atoms with Crippen LogP contribution in [-0.4, -0.2) is 51.0 Å². The summed E-state index contributed by atoms with van der Waals surface area (Å²) in [4.78, 5) is 9.68. The molecule has 0 spiro atoms. The summed E-state index contributed by atoms with van der Waals surface area (Å²) in [5.74, 6) is 0.746. The quantitative estimate of drug-likeness (QED) is 0.384. The minimum absolute atomic E-state index is 0.158. The van der Waals surface area contributed by atoms with Gasteiger partial charge in [0.2, 0.25) is 0 Å².